The van der Waals surface area contributed by atoms with Crippen molar-refractivity contribution in [1.29, 1.82) is 0 Å². The Labute approximate surface area is 411 Å². The van der Waals surface area contributed by atoms with Crippen LogP contribution in [-0.4, -0.2) is 6.71 Å². The summed E-state index contributed by atoms with van der Waals surface area (Å²) in [5.74, 6) is 0. The number of thiophene rings is 1. The molecule has 70 heavy (non-hydrogen) atoms. The zero-order valence-corrected chi connectivity index (χ0v) is 38.7. The summed E-state index contributed by atoms with van der Waals surface area (Å²) in [4.78, 5) is 6.62. The van der Waals surface area contributed by atoms with E-state index >= 15 is 0 Å². The fourth-order valence-electron chi connectivity index (χ4n) is 14.5. The van der Waals surface area contributed by atoms with E-state index in [0.717, 1.165) is 5.69 Å². The van der Waals surface area contributed by atoms with Gasteiger partial charge < -0.3 is 9.80 Å². The highest BCUT2D eigenvalue weighted by atomic mass is 32.1. The van der Waals surface area contributed by atoms with E-state index in [2.05, 4.69) is 258 Å². The summed E-state index contributed by atoms with van der Waals surface area (Å²) in [6.45, 7) is -0.0548. The smallest absolute Gasteiger partial charge is 0.264 e. The van der Waals surface area contributed by atoms with Crippen LogP contribution in [0.3, 0.4) is 0 Å². The molecule has 0 bridgehead atoms. The fraction of sp³-hybridized carbons (Fsp3) is 0.0303. The fourth-order valence-corrected chi connectivity index (χ4v) is 16.1. The Morgan fingerprint density at radius 1 is 0.329 bits per heavy atom. The maximum atomic E-state index is 2.68. The molecular weight excluding hydrogens is 864 g/mol. The maximum absolute atomic E-state index is 2.68. The number of anilines is 6. The Hall–Kier alpha value is -8.44. The first-order valence-electron chi connectivity index (χ1n) is 24.6. The Balaban J connectivity index is 1.03. The number of rotatable bonds is 2. The largest absolute Gasteiger partial charge is 0.311 e. The van der Waals surface area contributed by atoms with E-state index in [1.807, 2.05) is 0 Å². The lowest BCUT2D eigenvalue weighted by atomic mass is 9.36. The van der Waals surface area contributed by atoms with Crippen LogP contribution in [0.4, 0.5) is 34.1 Å². The first-order chi connectivity index (χ1) is 34.8. The number of hydrogen-bond acceptors (Lipinski definition) is 3. The molecule has 1 aromatic heterocycles. The van der Waals surface area contributed by atoms with Gasteiger partial charge >= 0.3 is 0 Å². The van der Waals surface area contributed by atoms with Crippen LogP contribution in [0.1, 0.15) is 43.8 Å². The zero-order chi connectivity index (χ0) is 45.5. The van der Waals surface area contributed by atoms with Crippen molar-refractivity contribution in [3.8, 4) is 44.5 Å². The molecule has 0 unspecified atom stereocenters. The molecule has 4 aliphatic carbocycles. The molecule has 322 valence electrons. The SMILES string of the molecule is c1ccc(N2c3cc4c(cc3B3c5sc6c(c5N(c5ccccc5)c5cccc2c53)-c2ccccc2C62c3ccccc3-c3ccccc32)C2(c3ccccc3-c3ccccc32)c2ccccc2-4)cc1. The van der Waals surface area contributed by atoms with E-state index in [4.69, 9.17) is 0 Å². The molecule has 0 fully saturated rings. The first-order valence-corrected chi connectivity index (χ1v) is 25.4. The van der Waals surface area contributed by atoms with Gasteiger partial charge in [-0.25, -0.2) is 0 Å². The second-order valence-corrected chi connectivity index (χ2v) is 20.8. The Morgan fingerprint density at radius 2 is 0.743 bits per heavy atom. The van der Waals surface area contributed by atoms with Gasteiger partial charge in [0.15, 0.2) is 0 Å². The highest BCUT2D eigenvalue weighted by molar-refractivity contribution is 7.30. The zero-order valence-electron chi connectivity index (χ0n) is 37.9. The first kappa shape index (κ1) is 37.5. The summed E-state index contributed by atoms with van der Waals surface area (Å²) < 4.78 is 1.40. The summed E-state index contributed by atoms with van der Waals surface area (Å²) in [7, 11) is 0. The maximum Gasteiger partial charge on any atom is 0.264 e. The molecule has 0 saturated heterocycles. The highest BCUT2D eigenvalue weighted by Crippen LogP contribution is 2.68. The van der Waals surface area contributed by atoms with Crippen LogP contribution in [0.15, 0.2) is 237 Å². The van der Waals surface area contributed by atoms with Gasteiger partial charge in [-0.3, -0.25) is 0 Å². The second kappa shape index (κ2) is 13.2. The summed E-state index contributed by atoms with van der Waals surface area (Å²) >= 11 is 2.06. The van der Waals surface area contributed by atoms with Crippen LogP contribution in [0.2, 0.25) is 0 Å². The van der Waals surface area contributed by atoms with Gasteiger partial charge in [0.05, 0.1) is 16.5 Å². The molecule has 2 aliphatic heterocycles. The normalized spacial score (nSPS) is 15.3. The van der Waals surface area contributed by atoms with Crippen molar-refractivity contribution in [2.24, 2.45) is 0 Å². The van der Waals surface area contributed by atoms with Crippen LogP contribution in [0, 0.1) is 0 Å². The van der Waals surface area contributed by atoms with E-state index in [1.165, 1.54) is 132 Å². The van der Waals surface area contributed by atoms with Gasteiger partial charge in [0, 0.05) is 43.7 Å². The van der Waals surface area contributed by atoms with Gasteiger partial charge in [-0.2, -0.15) is 0 Å². The predicted octanol–water partition coefficient (Wildman–Crippen LogP) is 14.5. The second-order valence-electron chi connectivity index (χ2n) is 19.7. The molecule has 2 spiro atoms. The molecule has 0 radical (unpaired) electrons. The van der Waals surface area contributed by atoms with Crippen molar-refractivity contribution in [2.45, 2.75) is 10.8 Å². The number of nitrogens with zero attached hydrogens (tertiary/aromatic N) is 2. The summed E-state index contributed by atoms with van der Waals surface area (Å²) in [6, 6.07) is 90.0. The molecule has 4 heteroatoms. The number of hydrogen-bond donors (Lipinski definition) is 0. The Bertz CT molecular complexity index is 4020. The van der Waals surface area contributed by atoms with Crippen LogP contribution in [0.5, 0.6) is 0 Å². The third kappa shape index (κ3) is 4.24. The standard InChI is InChI=1S/C66H39BN2S/c1-3-20-40(21-4-1)68-57-36-19-37-58-61(57)67(56-39-55-48(38-59(56)68)46-28-11-15-32-51(46)65(55)49-30-13-7-24-42(49)43-25-8-14-31-50(43)65)64-62(69(58)41-22-5-2-6-23-41)60-47-29-12-18-35-54(47)66(63(60)70-64)52-33-16-9-26-44(52)45-27-10-17-34-53(45)66/h1-39H. The highest BCUT2D eigenvalue weighted by Gasteiger charge is 2.58. The van der Waals surface area contributed by atoms with E-state index in [-0.39, 0.29) is 6.71 Å². The molecule has 3 heterocycles. The van der Waals surface area contributed by atoms with E-state index in [1.54, 1.807) is 0 Å². The number of para-hydroxylation sites is 2. The van der Waals surface area contributed by atoms with Gasteiger partial charge in [-0.15, -0.1) is 11.3 Å². The van der Waals surface area contributed by atoms with Crippen LogP contribution < -0.4 is 25.5 Å². The lowest BCUT2D eigenvalue weighted by molar-refractivity contribution is 0.794. The van der Waals surface area contributed by atoms with Gasteiger partial charge in [-0.1, -0.05) is 194 Å². The summed E-state index contributed by atoms with van der Waals surface area (Å²) in [6.07, 6.45) is 0. The number of fused-ring (bicyclic) bond motifs is 25. The van der Waals surface area contributed by atoms with Gasteiger partial charge in [-0.05, 0) is 131 Å². The minimum atomic E-state index is -0.476. The molecule has 0 atom stereocenters. The van der Waals surface area contributed by atoms with Crippen LogP contribution >= 0.6 is 11.3 Å². The third-order valence-corrected chi connectivity index (χ3v) is 18.2. The molecule has 11 aromatic rings. The van der Waals surface area contributed by atoms with E-state index in [9.17, 15) is 0 Å². The Morgan fingerprint density at radius 3 is 1.27 bits per heavy atom. The van der Waals surface area contributed by atoms with E-state index < -0.39 is 10.8 Å². The molecule has 0 amide bonds. The van der Waals surface area contributed by atoms with E-state index in [0.29, 0.717) is 0 Å². The summed E-state index contributed by atoms with van der Waals surface area (Å²) in [5, 5.41) is 0. The van der Waals surface area contributed by atoms with Gasteiger partial charge in [0.2, 0.25) is 0 Å². The minimum absolute atomic E-state index is 0.0548. The Kier molecular flexibility index (Phi) is 7.08. The molecule has 6 aliphatic rings. The van der Waals surface area contributed by atoms with Crippen molar-refractivity contribution in [2.75, 3.05) is 9.80 Å². The summed E-state index contributed by atoms with van der Waals surface area (Å²) in [5.41, 5.74) is 29.3. The van der Waals surface area contributed by atoms with Crippen molar-refractivity contribution >= 4 is 67.9 Å². The van der Waals surface area contributed by atoms with Crippen molar-refractivity contribution in [3.05, 3.63) is 280 Å². The van der Waals surface area contributed by atoms with Crippen LogP contribution in [0.25, 0.3) is 44.5 Å². The van der Waals surface area contributed by atoms with Gasteiger partial charge in [0.25, 0.3) is 6.71 Å². The van der Waals surface area contributed by atoms with Gasteiger partial charge in [0.1, 0.15) is 0 Å². The molecule has 2 nitrogen and oxygen atoms in total. The minimum Gasteiger partial charge on any atom is -0.311 e. The average Bonchev–Trinajstić information content (AvgIpc) is 4.20. The lowest BCUT2D eigenvalue weighted by Crippen LogP contribution is -2.60. The van der Waals surface area contributed by atoms with Crippen LogP contribution in [-0.2, 0) is 10.8 Å². The lowest BCUT2D eigenvalue weighted by Gasteiger charge is -2.44. The third-order valence-electron chi connectivity index (χ3n) is 16.8. The van der Waals surface area contributed by atoms with Crippen molar-refractivity contribution < 1.29 is 0 Å². The molecular formula is C66H39BN2S. The molecule has 0 N–H and O–H groups in total. The molecule has 0 saturated carbocycles. The topological polar surface area (TPSA) is 6.48 Å². The molecule has 17 rings (SSSR count). The predicted molar refractivity (Wildman–Crippen MR) is 291 cm³/mol. The molecule has 10 aromatic carbocycles. The van der Waals surface area contributed by atoms with Crippen molar-refractivity contribution in [1.82, 2.24) is 0 Å². The quantitative estimate of drug-likeness (QED) is 0.160. The monoisotopic (exact) mass is 902 g/mol. The number of benzene rings is 10. The average molecular weight is 903 g/mol. The van der Waals surface area contributed by atoms with Crippen molar-refractivity contribution in [3.63, 3.8) is 0 Å².